The van der Waals surface area contributed by atoms with Gasteiger partial charge in [0.15, 0.2) is 0 Å². The number of nitrogens with zero attached hydrogens (tertiary/aromatic N) is 5. The highest BCUT2D eigenvalue weighted by Crippen LogP contribution is 2.40. The van der Waals surface area contributed by atoms with Gasteiger partial charge in [0.1, 0.15) is 12.4 Å². The summed E-state index contributed by atoms with van der Waals surface area (Å²) >= 11 is 0. The first kappa shape index (κ1) is 24.8. The van der Waals surface area contributed by atoms with Crippen LogP contribution in [0.15, 0.2) is 12.4 Å². The van der Waals surface area contributed by atoms with E-state index in [0.717, 1.165) is 70.7 Å². The molecule has 2 unspecified atom stereocenters. The third-order valence-corrected chi connectivity index (χ3v) is 7.79. The van der Waals surface area contributed by atoms with Gasteiger partial charge in [-0.05, 0) is 17.4 Å². The molecule has 0 spiro atoms. The molecule has 0 bridgehead atoms. The molecule has 2 fully saturated rings. The van der Waals surface area contributed by atoms with Crippen LogP contribution >= 0.6 is 0 Å². The average molecular weight is 412 g/mol. The number of hydrogen-bond donors (Lipinski definition) is 0. The molecule has 3 rings (SSSR count). The Bertz CT molecular complexity index is 734. The first-order chi connectivity index (χ1) is 14.7. The van der Waals surface area contributed by atoms with Gasteiger partial charge in [-0.3, -0.25) is 0 Å². The maximum Gasteiger partial charge on any atom is 0.434 e. The molecule has 0 aliphatic carbocycles. The molecule has 17 heteroatoms. The van der Waals surface area contributed by atoms with Gasteiger partial charge in [-0.2, -0.15) is 0 Å². The summed E-state index contributed by atoms with van der Waals surface area (Å²) in [5.74, 6) is 1.19. The second-order valence-electron chi connectivity index (χ2n) is 10.9. The summed E-state index contributed by atoms with van der Waals surface area (Å²) < 4.78 is 1.66. The summed E-state index contributed by atoms with van der Waals surface area (Å²) in [5.41, 5.74) is 0. The number of nitro groups is 1. The van der Waals surface area contributed by atoms with Crippen molar-refractivity contribution < 1.29 is 4.92 Å². The van der Waals surface area contributed by atoms with E-state index in [1.807, 2.05) is 0 Å². The van der Waals surface area contributed by atoms with Gasteiger partial charge in [0.2, 0.25) is 0 Å². The lowest BCUT2D eigenvalue weighted by Gasteiger charge is -2.36. The largest absolute Gasteiger partial charge is 0.434 e. The highest BCUT2D eigenvalue weighted by Gasteiger charge is 2.50. The molecule has 3 heterocycles. The molecule has 0 amide bonds. The smallest absolute Gasteiger partial charge is 0.390 e. The predicted octanol–water partition coefficient (Wildman–Crippen LogP) is -5.13. The number of rotatable bonds is 11. The highest BCUT2D eigenvalue weighted by molar-refractivity contribution is 8.01. The van der Waals surface area contributed by atoms with Crippen molar-refractivity contribution in [2.24, 2.45) is 5.92 Å². The van der Waals surface area contributed by atoms with Crippen molar-refractivity contribution >= 4 is 76.8 Å². The van der Waals surface area contributed by atoms with Crippen LogP contribution in [0.4, 0.5) is 5.95 Å². The van der Waals surface area contributed by atoms with Gasteiger partial charge >= 0.3 is 5.95 Å². The summed E-state index contributed by atoms with van der Waals surface area (Å²) in [6.45, 7) is 10.5. The van der Waals surface area contributed by atoms with E-state index in [4.69, 9.17) is 0 Å². The lowest BCUT2D eigenvalue weighted by molar-refractivity contribution is -0.396. The first-order valence-corrected chi connectivity index (χ1v) is 12.3. The second-order valence-corrected chi connectivity index (χ2v) is 10.9. The standard InChI is InChI=1S/C14H33B10N5O2/c1-12(10-28-3-2-25-14(28)29(30)31)9-26-4-6-27(7-5-26)11-13-8-20(13)24(22(17)18)23(19)21(15)16/h2-3,12-13H,4-11,15-19H2,1H3. The Hall–Kier alpha value is -0.821. The van der Waals surface area contributed by atoms with E-state index in [9.17, 15) is 10.1 Å². The van der Waals surface area contributed by atoms with Crippen LogP contribution in [0.3, 0.4) is 0 Å². The van der Waals surface area contributed by atoms with Crippen LogP contribution < -0.4 is 0 Å². The molecule has 156 valence electrons. The summed E-state index contributed by atoms with van der Waals surface area (Å²) in [6.07, 6.45) is 7.85. The molecule has 1 aromatic rings. The molecular formula is C14H33B10N5O2. The van der Waals surface area contributed by atoms with Crippen LogP contribution in [-0.2, 0) is 6.54 Å². The van der Waals surface area contributed by atoms with E-state index in [0.29, 0.717) is 12.5 Å². The molecule has 0 aromatic carbocycles. The normalized spacial score (nSPS) is 20.3. The topological polar surface area (TPSA) is 67.4 Å². The van der Waals surface area contributed by atoms with E-state index in [-0.39, 0.29) is 5.95 Å². The van der Waals surface area contributed by atoms with Crippen LogP contribution in [0, 0.1) is 16.0 Å². The van der Waals surface area contributed by atoms with Gasteiger partial charge in [0.25, 0.3) is 0 Å². The maximum absolute atomic E-state index is 11.1. The Kier molecular flexibility index (Phi) is 8.70. The monoisotopic (exact) mass is 413 g/mol. The van der Waals surface area contributed by atoms with Crippen molar-refractivity contribution in [3.05, 3.63) is 22.5 Å². The first-order valence-electron chi connectivity index (χ1n) is 12.3. The van der Waals surface area contributed by atoms with E-state index in [1.165, 1.54) is 19.1 Å². The summed E-state index contributed by atoms with van der Waals surface area (Å²) in [4.78, 5) is 19.7. The van der Waals surface area contributed by atoms with E-state index < -0.39 is 4.92 Å². The third kappa shape index (κ3) is 6.59. The van der Waals surface area contributed by atoms with Gasteiger partial charge in [0, 0.05) is 58.3 Å². The van der Waals surface area contributed by atoms with Crippen molar-refractivity contribution in [1.82, 2.24) is 19.4 Å². The zero-order valence-electron chi connectivity index (χ0n) is 20.4. The number of hydrogen-bond acceptors (Lipinski definition) is 5. The van der Waals surface area contributed by atoms with Gasteiger partial charge < -0.3 is 19.9 Å². The van der Waals surface area contributed by atoms with Crippen molar-refractivity contribution in [2.45, 2.75) is 25.6 Å². The van der Waals surface area contributed by atoms with Crippen molar-refractivity contribution in [3.63, 3.8) is 0 Å². The van der Waals surface area contributed by atoms with E-state index in [1.54, 1.807) is 10.8 Å². The molecule has 2 saturated heterocycles. The zero-order chi connectivity index (χ0) is 22.7. The quantitative estimate of drug-likeness (QED) is 0.207. The van der Waals surface area contributed by atoms with Crippen molar-refractivity contribution in [1.29, 1.82) is 0 Å². The lowest BCUT2D eigenvalue weighted by Crippen LogP contribution is -2.63. The van der Waals surface area contributed by atoms with E-state index >= 15 is 0 Å². The molecule has 1 aromatic heterocycles. The van der Waals surface area contributed by atoms with Gasteiger partial charge in [0.05, 0.1) is 51.8 Å². The Morgan fingerprint density at radius 1 is 1.16 bits per heavy atom. The molecule has 31 heavy (non-hydrogen) atoms. The molecule has 2 aliphatic heterocycles. The summed E-state index contributed by atoms with van der Waals surface area (Å²) in [7, 11) is 12.0. The maximum atomic E-state index is 11.1. The van der Waals surface area contributed by atoms with Crippen LogP contribution in [0.2, 0.25) is 12.1 Å². The van der Waals surface area contributed by atoms with Crippen molar-refractivity contribution in [3.8, 4) is 0 Å². The zero-order valence-corrected chi connectivity index (χ0v) is 20.4. The molecule has 0 N–H and O–H groups in total. The summed E-state index contributed by atoms with van der Waals surface area (Å²) in [5, 5.41) is 11.1. The van der Waals surface area contributed by atoms with E-state index in [2.05, 4.69) is 60.4 Å². The minimum atomic E-state index is -0.400. The number of imidazole rings is 1. The SMILES string of the molecule is BB(B)B(B)B(B(B)B)B1CC1CN1CCN(CC(C)Cn2ccnc2[N+](=O)[O-])CC1. The van der Waals surface area contributed by atoms with Crippen LogP contribution in [0.25, 0.3) is 0 Å². The Balaban J connectivity index is 1.40. The Morgan fingerprint density at radius 2 is 1.81 bits per heavy atom. The predicted molar refractivity (Wildman–Crippen MR) is 151 cm³/mol. The van der Waals surface area contributed by atoms with Crippen molar-refractivity contribution in [2.75, 3.05) is 39.3 Å². The molecule has 0 radical (unpaired) electrons. The Labute approximate surface area is 194 Å². The third-order valence-electron chi connectivity index (χ3n) is 7.79. The Morgan fingerprint density at radius 3 is 2.39 bits per heavy atom. The number of piperazine rings is 1. The average Bonchev–Trinajstić information content (AvgIpc) is 3.26. The fourth-order valence-corrected chi connectivity index (χ4v) is 5.82. The molecular weight excluding hydrogens is 378 g/mol. The fourth-order valence-electron chi connectivity index (χ4n) is 5.82. The molecule has 2 atom stereocenters. The fraction of sp³-hybridized carbons (Fsp3) is 0.786. The molecule has 0 saturated carbocycles. The molecule has 2 aliphatic rings. The highest BCUT2D eigenvalue weighted by atomic mass is 16.6. The molecule has 7 nitrogen and oxygen atoms in total. The minimum absolute atomic E-state index is 0.0536. The van der Waals surface area contributed by atoms with Gasteiger partial charge in [-0.15, -0.1) is 0 Å². The lowest BCUT2D eigenvalue weighted by atomic mass is 8.57. The van der Waals surface area contributed by atoms with Gasteiger partial charge in [-0.25, -0.2) is 4.57 Å². The van der Waals surface area contributed by atoms with Gasteiger partial charge in [-0.1, -0.05) is 24.0 Å². The summed E-state index contributed by atoms with van der Waals surface area (Å²) in [6, 6.07) is 0. The van der Waals surface area contributed by atoms with Crippen LogP contribution in [0.1, 0.15) is 6.92 Å². The van der Waals surface area contributed by atoms with Crippen LogP contribution in [0.5, 0.6) is 0 Å². The number of aromatic nitrogens is 2. The van der Waals surface area contributed by atoms with Crippen LogP contribution in [-0.4, -0.2) is 134 Å². The second kappa shape index (κ2) is 10.9. The minimum Gasteiger partial charge on any atom is -0.390 e.